The van der Waals surface area contributed by atoms with Gasteiger partial charge >= 0.3 is 0 Å². The van der Waals surface area contributed by atoms with E-state index in [0.29, 0.717) is 0 Å². The number of halogens is 2. The third kappa shape index (κ3) is 4.30. The van der Waals surface area contributed by atoms with Crippen molar-refractivity contribution in [1.29, 1.82) is 0 Å². The summed E-state index contributed by atoms with van der Waals surface area (Å²) in [5.41, 5.74) is 0.259. The zero-order chi connectivity index (χ0) is 14.6. The molecule has 0 aliphatic rings. The number of benzene rings is 1. The van der Waals surface area contributed by atoms with Crippen LogP contribution in [0.25, 0.3) is 0 Å². The molecule has 0 heterocycles. The van der Waals surface area contributed by atoms with Crippen molar-refractivity contribution < 1.29 is 18.3 Å². The van der Waals surface area contributed by atoms with Crippen LogP contribution in [0.3, 0.4) is 0 Å². The zero-order valence-electron chi connectivity index (χ0n) is 10.5. The second-order valence-electron chi connectivity index (χ2n) is 3.93. The molecule has 0 aliphatic carbocycles. The molecule has 1 aromatic rings. The van der Waals surface area contributed by atoms with E-state index in [0.717, 1.165) is 0 Å². The zero-order valence-corrected chi connectivity index (χ0v) is 12.8. The summed E-state index contributed by atoms with van der Waals surface area (Å²) < 4.78 is 31.5. The maximum atomic E-state index is 12.1. The molecule has 1 atom stereocenters. The van der Waals surface area contributed by atoms with Gasteiger partial charge in [-0.3, -0.25) is 0 Å². The smallest absolute Gasteiger partial charge is 0.242 e. The van der Waals surface area contributed by atoms with E-state index in [9.17, 15) is 8.42 Å². The fourth-order valence-electron chi connectivity index (χ4n) is 1.32. The van der Waals surface area contributed by atoms with Gasteiger partial charge in [0.15, 0.2) is 0 Å². The Morgan fingerprint density at radius 3 is 2.58 bits per heavy atom. The van der Waals surface area contributed by atoms with Crippen molar-refractivity contribution in [2.75, 3.05) is 13.7 Å². The van der Waals surface area contributed by atoms with Gasteiger partial charge in [0.1, 0.15) is 4.90 Å². The number of aliphatic hydroxyl groups is 1. The van der Waals surface area contributed by atoms with E-state index in [1.54, 1.807) is 6.92 Å². The Labute approximate surface area is 122 Å². The Kier molecular flexibility index (Phi) is 6.04. The van der Waals surface area contributed by atoms with Crippen LogP contribution in [0.2, 0.25) is 10.0 Å². The van der Waals surface area contributed by atoms with Gasteiger partial charge in [0.25, 0.3) is 0 Å². The molecule has 1 unspecified atom stereocenters. The van der Waals surface area contributed by atoms with Gasteiger partial charge in [0.05, 0.1) is 17.7 Å². The standard InChI is InChI=1S/C11H15Cl2NO4S/c1-7(18-2)5-14-19(16,17)10-4-9(12)3-8(6-15)11(10)13/h3-4,7,14-15H,5-6H2,1-2H3. The molecule has 108 valence electrons. The lowest BCUT2D eigenvalue weighted by atomic mass is 10.2. The Hall–Kier alpha value is -0.370. The van der Waals surface area contributed by atoms with Crippen LogP contribution in [-0.4, -0.2) is 33.3 Å². The highest BCUT2D eigenvalue weighted by Gasteiger charge is 2.21. The lowest BCUT2D eigenvalue weighted by Crippen LogP contribution is -2.31. The van der Waals surface area contributed by atoms with Gasteiger partial charge in [-0.25, -0.2) is 13.1 Å². The first-order valence-electron chi connectivity index (χ1n) is 5.43. The van der Waals surface area contributed by atoms with Crippen molar-refractivity contribution in [1.82, 2.24) is 4.72 Å². The summed E-state index contributed by atoms with van der Waals surface area (Å²) in [6.45, 7) is 1.44. The first kappa shape index (κ1) is 16.7. The van der Waals surface area contributed by atoms with Gasteiger partial charge in [-0.05, 0) is 24.6 Å². The molecule has 0 bridgehead atoms. The van der Waals surface area contributed by atoms with E-state index >= 15 is 0 Å². The monoisotopic (exact) mass is 327 g/mol. The number of aliphatic hydroxyl groups excluding tert-OH is 1. The minimum Gasteiger partial charge on any atom is -0.392 e. The molecule has 8 heteroatoms. The molecule has 0 aliphatic heterocycles. The lowest BCUT2D eigenvalue weighted by molar-refractivity contribution is 0.122. The highest BCUT2D eigenvalue weighted by atomic mass is 35.5. The Bertz CT molecular complexity index is 548. The number of methoxy groups -OCH3 is 1. The van der Waals surface area contributed by atoms with Crippen molar-refractivity contribution in [2.45, 2.75) is 24.5 Å². The third-order valence-corrected chi connectivity index (χ3v) is 4.73. The number of sulfonamides is 1. The molecule has 0 aromatic heterocycles. The van der Waals surface area contributed by atoms with E-state index in [-0.39, 0.29) is 33.2 Å². The summed E-state index contributed by atoms with van der Waals surface area (Å²) in [6.07, 6.45) is -0.273. The minimum absolute atomic E-state index is 0.0375. The second kappa shape index (κ2) is 6.88. The number of nitrogens with one attached hydrogen (secondary N) is 1. The maximum Gasteiger partial charge on any atom is 0.242 e. The molecule has 2 N–H and O–H groups in total. The minimum atomic E-state index is -3.81. The largest absolute Gasteiger partial charge is 0.392 e. The summed E-state index contributed by atoms with van der Waals surface area (Å²) in [4.78, 5) is -0.158. The number of rotatable bonds is 6. The predicted molar refractivity (Wildman–Crippen MR) is 74.0 cm³/mol. The molecule has 5 nitrogen and oxygen atoms in total. The molecule has 19 heavy (non-hydrogen) atoms. The first-order chi connectivity index (χ1) is 8.81. The first-order valence-corrected chi connectivity index (χ1v) is 7.67. The van der Waals surface area contributed by atoms with Crippen LogP contribution in [0.4, 0.5) is 0 Å². The van der Waals surface area contributed by atoms with Crippen molar-refractivity contribution in [2.24, 2.45) is 0 Å². The molecule has 1 rings (SSSR count). The van der Waals surface area contributed by atoms with E-state index < -0.39 is 16.6 Å². The van der Waals surface area contributed by atoms with Crippen LogP contribution < -0.4 is 4.72 Å². The van der Waals surface area contributed by atoms with E-state index in [2.05, 4.69) is 4.72 Å². The highest BCUT2D eigenvalue weighted by Crippen LogP contribution is 2.29. The van der Waals surface area contributed by atoms with Crippen LogP contribution in [0.15, 0.2) is 17.0 Å². The Morgan fingerprint density at radius 2 is 2.05 bits per heavy atom. The predicted octanol–water partition coefficient (Wildman–Crippen LogP) is 1.80. The summed E-state index contributed by atoms with van der Waals surface area (Å²) in [5, 5.41) is 9.26. The van der Waals surface area contributed by atoms with E-state index in [1.165, 1.54) is 19.2 Å². The van der Waals surface area contributed by atoms with Crippen molar-refractivity contribution >= 4 is 33.2 Å². The van der Waals surface area contributed by atoms with Gasteiger partial charge in [-0.1, -0.05) is 23.2 Å². The summed E-state index contributed by atoms with van der Waals surface area (Å²) in [5.74, 6) is 0. The number of hydrogen-bond donors (Lipinski definition) is 2. The van der Waals surface area contributed by atoms with Crippen molar-refractivity contribution in [3.05, 3.63) is 27.7 Å². The molecule has 0 saturated heterocycles. The van der Waals surface area contributed by atoms with E-state index in [1.807, 2.05) is 0 Å². The molecule has 0 radical (unpaired) electrons. The van der Waals surface area contributed by atoms with Crippen molar-refractivity contribution in [3.8, 4) is 0 Å². The highest BCUT2D eigenvalue weighted by molar-refractivity contribution is 7.89. The molecule has 0 amide bonds. The van der Waals surface area contributed by atoms with Crippen LogP contribution in [0, 0.1) is 0 Å². The van der Waals surface area contributed by atoms with Crippen molar-refractivity contribution in [3.63, 3.8) is 0 Å². The van der Waals surface area contributed by atoms with Crippen LogP contribution >= 0.6 is 23.2 Å². The van der Waals surface area contributed by atoms with Gasteiger partial charge < -0.3 is 9.84 Å². The number of hydrogen-bond acceptors (Lipinski definition) is 4. The summed E-state index contributed by atoms with van der Waals surface area (Å²) >= 11 is 11.8. The third-order valence-electron chi connectivity index (χ3n) is 2.50. The molecule has 0 spiro atoms. The molecular weight excluding hydrogens is 313 g/mol. The SMILES string of the molecule is COC(C)CNS(=O)(=O)c1cc(Cl)cc(CO)c1Cl. The Balaban J connectivity index is 3.11. The molecule has 1 aromatic carbocycles. The molecule has 0 saturated carbocycles. The summed E-state index contributed by atoms with van der Waals surface area (Å²) in [7, 11) is -2.33. The lowest BCUT2D eigenvalue weighted by Gasteiger charge is -2.13. The molecular formula is C11H15Cl2NO4S. The molecule has 0 fully saturated rings. The van der Waals surface area contributed by atoms with Crippen LogP contribution in [0.5, 0.6) is 0 Å². The van der Waals surface area contributed by atoms with E-state index in [4.69, 9.17) is 33.0 Å². The maximum absolute atomic E-state index is 12.1. The topological polar surface area (TPSA) is 75.6 Å². The number of ether oxygens (including phenoxy) is 1. The normalized spacial score (nSPS) is 13.5. The van der Waals surface area contributed by atoms with Gasteiger partial charge in [-0.15, -0.1) is 0 Å². The Morgan fingerprint density at radius 1 is 1.42 bits per heavy atom. The average molecular weight is 328 g/mol. The van der Waals surface area contributed by atoms with Gasteiger partial charge in [0.2, 0.25) is 10.0 Å². The van der Waals surface area contributed by atoms with Gasteiger partial charge in [-0.2, -0.15) is 0 Å². The van der Waals surface area contributed by atoms with Crippen LogP contribution in [0.1, 0.15) is 12.5 Å². The fourth-order valence-corrected chi connectivity index (χ4v) is 3.35. The quantitative estimate of drug-likeness (QED) is 0.835. The summed E-state index contributed by atoms with van der Waals surface area (Å²) in [6, 6.07) is 2.66. The fraction of sp³-hybridized carbons (Fsp3) is 0.455. The van der Waals surface area contributed by atoms with Crippen LogP contribution in [-0.2, 0) is 21.4 Å². The second-order valence-corrected chi connectivity index (χ2v) is 6.48. The average Bonchev–Trinajstić information content (AvgIpc) is 2.38. The van der Waals surface area contributed by atoms with Gasteiger partial charge in [0, 0.05) is 18.7 Å².